The molecule has 15 heteroatoms. The molecule has 6 atom stereocenters. The van der Waals surface area contributed by atoms with E-state index in [2.05, 4.69) is 21.0 Å². The number of amides is 1. The summed E-state index contributed by atoms with van der Waals surface area (Å²) in [5.74, 6) is -1.17. The molecule has 0 aliphatic carbocycles. The topological polar surface area (TPSA) is 163 Å². The Morgan fingerprint density at radius 2 is 2.00 bits per heavy atom. The number of nitrogens with zero attached hydrogens (tertiary/aromatic N) is 1. The molecule has 4 N–H and O–H groups in total. The van der Waals surface area contributed by atoms with Crippen molar-refractivity contribution in [2.24, 2.45) is 0 Å². The molecule has 1 fully saturated rings. The maximum absolute atomic E-state index is 14.4. The fourth-order valence-electron chi connectivity index (χ4n) is 3.22. The van der Waals surface area contributed by atoms with E-state index >= 15 is 0 Å². The maximum Gasteiger partial charge on any atom is 0.409 e. The molecule has 2 aliphatic heterocycles. The van der Waals surface area contributed by atoms with Crippen LogP contribution in [0.4, 0.5) is 4.39 Å². The number of ether oxygens (including phenoxy) is 1. The number of aliphatic hydroxyl groups excluding tert-OH is 3. The lowest BCUT2D eigenvalue weighted by molar-refractivity contribution is -0.150. The second-order valence-corrected chi connectivity index (χ2v) is 11.7. The minimum Gasteiger partial charge on any atom is -0.422 e. The van der Waals surface area contributed by atoms with Crippen molar-refractivity contribution in [2.45, 2.75) is 50.4 Å². The van der Waals surface area contributed by atoms with Gasteiger partial charge in [0.15, 0.2) is 23.5 Å². The average molecular weight is 616 g/mol. The molecule has 0 aromatic heterocycles. The first-order valence-electron chi connectivity index (χ1n) is 10.5. The van der Waals surface area contributed by atoms with Gasteiger partial charge in [-0.05, 0) is 44.2 Å². The molecule has 2 aliphatic rings. The number of aliphatic hydroxyl groups is 3. The molecule has 2 heterocycles. The van der Waals surface area contributed by atoms with Gasteiger partial charge in [0.1, 0.15) is 24.6 Å². The number of rotatable bonds is 8. The molecule has 3 rings (SSSR count). The summed E-state index contributed by atoms with van der Waals surface area (Å²) in [6, 6.07) is 5.72. The Morgan fingerprint density at radius 1 is 1.39 bits per heavy atom. The summed E-state index contributed by atoms with van der Waals surface area (Å²) >= 11 is 8.93. The van der Waals surface area contributed by atoms with Gasteiger partial charge in [0, 0.05) is 21.9 Å². The molecule has 0 spiro atoms. The predicted octanol–water partition coefficient (Wildman–Crippen LogP) is 1.82. The van der Waals surface area contributed by atoms with Crippen LogP contribution in [0.5, 0.6) is 5.75 Å². The van der Waals surface area contributed by atoms with Crippen molar-refractivity contribution < 1.29 is 47.9 Å². The Balaban J connectivity index is 0.000000254. The summed E-state index contributed by atoms with van der Waals surface area (Å²) in [6.07, 6.45) is -2.04. The molecule has 1 aromatic rings. The van der Waals surface area contributed by atoms with Crippen LogP contribution in [-0.2, 0) is 23.7 Å². The van der Waals surface area contributed by atoms with Gasteiger partial charge in [0.2, 0.25) is 5.91 Å². The SMILES string of the molecule is C[C@@]1(F)[C@H](O)[C@@H](CO)O[C@H]1N1C=CC(=O)CC1=O.C[C@H](NP(=O)(Cl)Oc1ccc(Br)cc1)C(=O)CO. The number of carbonyl (C=O) groups excluding carboxylic acids is 3. The van der Waals surface area contributed by atoms with Crippen molar-refractivity contribution in [2.75, 3.05) is 13.2 Å². The van der Waals surface area contributed by atoms with Crippen LogP contribution in [0.25, 0.3) is 0 Å². The highest BCUT2D eigenvalue weighted by atomic mass is 79.9. The molecule has 0 radical (unpaired) electrons. The van der Waals surface area contributed by atoms with Crippen molar-refractivity contribution in [3.63, 3.8) is 0 Å². The van der Waals surface area contributed by atoms with Crippen LogP contribution < -0.4 is 9.61 Å². The van der Waals surface area contributed by atoms with Gasteiger partial charge < -0.3 is 24.6 Å². The Kier molecular flexibility index (Phi) is 10.8. The van der Waals surface area contributed by atoms with E-state index in [0.717, 1.165) is 28.6 Å². The van der Waals surface area contributed by atoms with E-state index in [1.54, 1.807) is 24.3 Å². The second-order valence-electron chi connectivity index (χ2n) is 8.07. The second kappa shape index (κ2) is 12.7. The fourth-order valence-corrected chi connectivity index (χ4v) is 5.21. The van der Waals surface area contributed by atoms with Gasteiger partial charge in [-0.15, -0.1) is 0 Å². The zero-order valence-corrected chi connectivity index (χ0v) is 22.5. The summed E-state index contributed by atoms with van der Waals surface area (Å²) in [7, 11) is 0. The molecule has 200 valence electrons. The zero-order chi connectivity index (χ0) is 27.3. The van der Waals surface area contributed by atoms with Gasteiger partial charge in [-0.3, -0.25) is 19.3 Å². The first kappa shape index (κ1) is 30.5. The average Bonchev–Trinajstić information content (AvgIpc) is 3.03. The Hall–Kier alpha value is -1.70. The summed E-state index contributed by atoms with van der Waals surface area (Å²) in [6.45, 7) is -2.35. The van der Waals surface area contributed by atoms with Crippen LogP contribution in [0.3, 0.4) is 0 Å². The fraction of sp³-hybridized carbons (Fsp3) is 0.476. The number of ketones is 2. The van der Waals surface area contributed by atoms with Crippen molar-refractivity contribution in [1.29, 1.82) is 0 Å². The van der Waals surface area contributed by atoms with Gasteiger partial charge in [-0.1, -0.05) is 15.9 Å². The number of benzene rings is 1. The van der Waals surface area contributed by atoms with E-state index < -0.39 is 61.9 Å². The van der Waals surface area contributed by atoms with Crippen molar-refractivity contribution in [1.82, 2.24) is 9.99 Å². The predicted molar refractivity (Wildman–Crippen MR) is 130 cm³/mol. The molecule has 1 amide bonds. The van der Waals surface area contributed by atoms with E-state index in [9.17, 15) is 28.4 Å². The number of halogens is 3. The molecule has 1 aromatic carbocycles. The molecule has 1 saturated heterocycles. The highest BCUT2D eigenvalue weighted by Crippen LogP contribution is 2.48. The number of alkyl halides is 1. The lowest BCUT2D eigenvalue weighted by atomic mass is 9.97. The van der Waals surface area contributed by atoms with E-state index in [0.29, 0.717) is 5.75 Å². The van der Waals surface area contributed by atoms with E-state index in [-0.39, 0.29) is 12.2 Å². The van der Waals surface area contributed by atoms with Crippen molar-refractivity contribution in [3.05, 3.63) is 41.0 Å². The van der Waals surface area contributed by atoms with Gasteiger partial charge in [0.05, 0.1) is 19.1 Å². The lowest BCUT2D eigenvalue weighted by Gasteiger charge is -2.32. The Labute approximate surface area is 219 Å². The zero-order valence-electron chi connectivity index (χ0n) is 19.2. The monoisotopic (exact) mass is 614 g/mol. The van der Waals surface area contributed by atoms with Gasteiger partial charge >= 0.3 is 6.87 Å². The summed E-state index contributed by atoms with van der Waals surface area (Å²) in [5.41, 5.74) is -2.21. The third kappa shape index (κ3) is 7.90. The Bertz CT molecular complexity index is 1040. The van der Waals surface area contributed by atoms with Crippen LogP contribution in [0.1, 0.15) is 20.3 Å². The number of hydrogen-bond acceptors (Lipinski definition) is 9. The third-order valence-corrected chi connectivity index (χ3v) is 7.38. The smallest absolute Gasteiger partial charge is 0.409 e. The van der Waals surface area contributed by atoms with Crippen molar-refractivity contribution >= 4 is 51.5 Å². The highest BCUT2D eigenvalue weighted by molar-refractivity contribution is 9.10. The largest absolute Gasteiger partial charge is 0.422 e. The summed E-state index contributed by atoms with van der Waals surface area (Å²) in [5, 5.41) is 29.6. The van der Waals surface area contributed by atoms with E-state index in [4.69, 9.17) is 30.7 Å². The van der Waals surface area contributed by atoms with Gasteiger partial charge in [0.25, 0.3) is 0 Å². The third-order valence-electron chi connectivity index (χ3n) is 5.21. The normalized spacial score (nSPS) is 28.2. The molecule has 0 saturated carbocycles. The Morgan fingerprint density at radius 3 is 2.50 bits per heavy atom. The van der Waals surface area contributed by atoms with Gasteiger partial charge in [-0.25, -0.2) is 14.0 Å². The molecule has 36 heavy (non-hydrogen) atoms. The van der Waals surface area contributed by atoms with Gasteiger partial charge in [-0.2, -0.15) is 0 Å². The molecule has 0 bridgehead atoms. The van der Waals surface area contributed by atoms with Crippen LogP contribution in [-0.4, -0.2) is 81.1 Å². The quantitative estimate of drug-likeness (QED) is 0.251. The van der Waals surface area contributed by atoms with Crippen LogP contribution >= 0.6 is 34.0 Å². The van der Waals surface area contributed by atoms with E-state index in [1.165, 1.54) is 6.92 Å². The van der Waals surface area contributed by atoms with Crippen molar-refractivity contribution in [3.8, 4) is 5.75 Å². The number of Topliss-reactive ketones (excluding diaryl/α,β-unsaturated/α-hetero) is 1. The molecule has 1 unspecified atom stereocenters. The first-order chi connectivity index (χ1) is 16.7. The van der Waals surface area contributed by atoms with Crippen LogP contribution in [0, 0.1) is 0 Å². The number of carbonyl (C=O) groups is 3. The number of hydrogen-bond donors (Lipinski definition) is 4. The first-order valence-corrected chi connectivity index (χ1v) is 13.9. The minimum absolute atomic E-state index is 0.313. The van der Waals surface area contributed by atoms with E-state index in [1.807, 2.05) is 0 Å². The molecular weight excluding hydrogens is 590 g/mol. The number of allylic oxidation sites excluding steroid dienone is 1. The summed E-state index contributed by atoms with van der Waals surface area (Å²) in [4.78, 5) is 34.7. The number of nitrogens with one attached hydrogen (secondary N) is 1. The molecular formula is C21H26BrClFN2O9P. The minimum atomic E-state index is -3.68. The standard InChI is InChI=1S/C11H14FNO5.C10H12BrClNO4P/c1-11(12)9(17)7(5-14)18-10(11)13-3-2-6(15)4-8(13)16;1-7(10(15)6-14)13-18(12,16)17-9-4-2-8(11)3-5-9/h2-3,7,9-10,14,17H,4-5H2,1H3;2-5,7,14H,6H2,1H3,(H,13,16)/t7-,9-,10-,11-;7-,18?/m10/s1. The van der Waals surface area contributed by atoms with Crippen LogP contribution in [0.2, 0.25) is 0 Å². The summed E-state index contributed by atoms with van der Waals surface area (Å²) < 4.78 is 37.3. The highest BCUT2D eigenvalue weighted by Gasteiger charge is 2.57. The maximum atomic E-state index is 14.4. The lowest BCUT2D eigenvalue weighted by Crippen LogP contribution is -2.51. The molecule has 11 nitrogen and oxygen atoms in total. The van der Waals surface area contributed by atoms with Crippen LogP contribution in [0.15, 0.2) is 41.0 Å².